The first-order valence-electron chi connectivity index (χ1n) is 13.3. The van der Waals surface area contributed by atoms with Crippen LogP contribution in [0, 0.1) is 5.82 Å². The van der Waals surface area contributed by atoms with Crippen molar-refractivity contribution in [3.8, 4) is 11.5 Å². The molecule has 2 aromatic heterocycles. The van der Waals surface area contributed by atoms with Crippen LogP contribution in [0.3, 0.4) is 0 Å². The number of hydrogen-bond donors (Lipinski definition) is 3. The monoisotopic (exact) mass is 594 g/mol. The Hall–Kier alpha value is -4.86. The second-order valence-corrected chi connectivity index (χ2v) is 9.66. The van der Waals surface area contributed by atoms with E-state index in [-0.39, 0.29) is 23.7 Å². The number of carboxylic acid groups (broad SMARTS) is 1. The highest BCUT2D eigenvalue weighted by molar-refractivity contribution is 5.95. The van der Waals surface area contributed by atoms with E-state index in [2.05, 4.69) is 25.6 Å². The molecule has 4 aromatic rings. The van der Waals surface area contributed by atoms with Crippen LogP contribution in [0.15, 0.2) is 55.1 Å². The number of carboxylic acids is 1. The Morgan fingerprint density at radius 3 is 2.60 bits per heavy atom. The van der Waals surface area contributed by atoms with E-state index in [4.69, 9.17) is 23.7 Å². The number of rotatable bonds is 9. The lowest BCUT2D eigenvalue weighted by Gasteiger charge is -2.22. The Kier molecular flexibility index (Phi) is 7.75. The molecule has 0 aliphatic carbocycles. The van der Waals surface area contributed by atoms with Crippen LogP contribution in [0.4, 0.5) is 15.0 Å². The van der Waals surface area contributed by atoms with Crippen molar-refractivity contribution in [2.45, 2.75) is 37.8 Å². The molecule has 2 saturated heterocycles. The average Bonchev–Trinajstić information content (AvgIpc) is 3.71. The largest absolute Gasteiger partial charge is 0.497 e. The first-order chi connectivity index (χ1) is 20.9. The molecule has 2 aromatic carbocycles. The number of benzene rings is 2. The first-order valence-corrected chi connectivity index (χ1v) is 13.3. The number of methoxy groups -OCH3 is 1. The van der Waals surface area contributed by atoms with Crippen LogP contribution >= 0.6 is 0 Å². The number of aromatic nitrogens is 4. The predicted molar refractivity (Wildman–Crippen MR) is 146 cm³/mol. The van der Waals surface area contributed by atoms with Gasteiger partial charge in [0.2, 0.25) is 0 Å². The molecule has 2 aliphatic heterocycles. The number of ether oxygens (including phenoxy) is 5. The maximum atomic E-state index is 13.6. The summed E-state index contributed by atoms with van der Waals surface area (Å²) in [6.45, 7) is 2.13. The van der Waals surface area contributed by atoms with Crippen molar-refractivity contribution in [3.05, 3.63) is 72.1 Å². The van der Waals surface area contributed by atoms with E-state index in [0.29, 0.717) is 29.0 Å². The van der Waals surface area contributed by atoms with Gasteiger partial charge in [-0.2, -0.15) is 0 Å². The topological polar surface area (TPSA) is 168 Å². The Morgan fingerprint density at radius 1 is 1.07 bits per heavy atom. The van der Waals surface area contributed by atoms with Crippen molar-refractivity contribution in [1.82, 2.24) is 24.8 Å². The maximum Gasteiger partial charge on any atom is 0.339 e. The molecule has 2 aliphatic rings. The standard InChI is InChI=1S/C28H27FN6O8/c1-3-30-28(38)34-23-20-24(32-12-31-23)35(13-33-20)25-22-21(42-27(43-22)14-4-6-15(29)7-5-14)19(41-25)11-40-18-9-8-16(39-2)10-17(18)26(36)37/h4-10,12-13,19,21-22,25,27H,3,11H2,1-2H3,(H,36,37)(H2,30,31,32,34,38)/t19?,21?,22?,25?,27-/m0/s1. The van der Waals surface area contributed by atoms with Crippen LogP contribution < -0.4 is 20.1 Å². The molecule has 14 nitrogen and oxygen atoms in total. The van der Waals surface area contributed by atoms with Crippen LogP contribution in [-0.4, -0.2) is 75.2 Å². The van der Waals surface area contributed by atoms with Gasteiger partial charge < -0.3 is 34.1 Å². The fourth-order valence-corrected chi connectivity index (χ4v) is 5.01. The van der Waals surface area contributed by atoms with Gasteiger partial charge in [-0.25, -0.2) is 28.9 Å². The summed E-state index contributed by atoms with van der Waals surface area (Å²) in [5.41, 5.74) is 1.21. The summed E-state index contributed by atoms with van der Waals surface area (Å²) in [4.78, 5) is 36.9. The number of amides is 2. The highest BCUT2D eigenvalue weighted by atomic mass is 19.1. The highest BCUT2D eigenvalue weighted by Crippen LogP contribution is 2.45. The zero-order chi connectivity index (χ0) is 30.1. The molecular formula is C28H27FN6O8. The van der Waals surface area contributed by atoms with Crippen molar-refractivity contribution in [2.75, 3.05) is 25.6 Å². The summed E-state index contributed by atoms with van der Waals surface area (Å²) in [7, 11) is 1.44. The number of urea groups is 1. The molecule has 2 amide bonds. The molecular weight excluding hydrogens is 567 g/mol. The molecule has 4 unspecified atom stereocenters. The minimum absolute atomic E-state index is 0.0809. The number of aromatic carboxylic acids is 1. The van der Waals surface area contributed by atoms with Gasteiger partial charge in [0.1, 0.15) is 54.1 Å². The van der Waals surface area contributed by atoms with Crippen molar-refractivity contribution in [3.63, 3.8) is 0 Å². The Morgan fingerprint density at radius 2 is 1.86 bits per heavy atom. The van der Waals surface area contributed by atoms with E-state index in [1.54, 1.807) is 29.7 Å². The van der Waals surface area contributed by atoms with Gasteiger partial charge in [-0.1, -0.05) is 12.1 Å². The SMILES string of the molecule is CCNC(=O)Nc1ncnc2c1ncn2C1OC(COc2ccc(OC)cc2C(=O)O)C2O[C@H](c3ccc(F)cc3)OC21. The smallest absolute Gasteiger partial charge is 0.339 e. The lowest BCUT2D eigenvalue weighted by atomic mass is 10.1. The van der Waals surface area contributed by atoms with Crippen molar-refractivity contribution < 1.29 is 42.8 Å². The summed E-state index contributed by atoms with van der Waals surface area (Å²) in [6.07, 6.45) is -0.941. The number of imidazole rings is 1. The van der Waals surface area contributed by atoms with Crippen molar-refractivity contribution in [1.29, 1.82) is 0 Å². The van der Waals surface area contributed by atoms with E-state index >= 15 is 0 Å². The lowest BCUT2D eigenvalue weighted by molar-refractivity contribution is -0.152. The fourth-order valence-electron chi connectivity index (χ4n) is 5.01. The number of nitrogens with zero attached hydrogens (tertiary/aromatic N) is 4. The van der Waals surface area contributed by atoms with Crippen LogP contribution in [0.1, 0.15) is 35.4 Å². The van der Waals surface area contributed by atoms with E-state index in [1.807, 2.05) is 0 Å². The second-order valence-electron chi connectivity index (χ2n) is 9.66. The summed E-state index contributed by atoms with van der Waals surface area (Å²) in [5, 5.41) is 15.0. The lowest BCUT2D eigenvalue weighted by Crippen LogP contribution is -2.33. The molecule has 0 radical (unpaired) electrons. The van der Waals surface area contributed by atoms with Gasteiger partial charge in [-0.05, 0) is 37.3 Å². The molecule has 2 fully saturated rings. The first kappa shape index (κ1) is 28.3. The number of carbonyl (C=O) groups is 2. The number of fused-ring (bicyclic) bond motifs is 2. The molecule has 0 bridgehead atoms. The third kappa shape index (κ3) is 5.52. The Labute approximate surface area is 243 Å². The molecule has 5 atom stereocenters. The minimum atomic E-state index is -1.18. The van der Waals surface area contributed by atoms with E-state index < -0.39 is 48.6 Å². The minimum Gasteiger partial charge on any atom is -0.497 e. The van der Waals surface area contributed by atoms with Crippen molar-refractivity contribution in [2.24, 2.45) is 0 Å². The third-order valence-electron chi connectivity index (χ3n) is 7.01. The van der Waals surface area contributed by atoms with Crippen molar-refractivity contribution >= 4 is 29.0 Å². The number of hydrogen-bond acceptors (Lipinski definition) is 10. The van der Waals surface area contributed by atoms with Crippen LogP contribution in [0.25, 0.3) is 11.2 Å². The predicted octanol–water partition coefficient (Wildman–Crippen LogP) is 3.27. The fraction of sp³-hybridized carbons (Fsp3) is 0.321. The quantitative estimate of drug-likeness (QED) is 0.260. The molecule has 4 heterocycles. The summed E-state index contributed by atoms with van der Waals surface area (Å²) >= 11 is 0. The molecule has 0 saturated carbocycles. The van der Waals surface area contributed by atoms with Gasteiger partial charge in [0.15, 0.2) is 29.5 Å². The molecule has 224 valence electrons. The van der Waals surface area contributed by atoms with Gasteiger partial charge in [0.05, 0.1) is 13.4 Å². The van der Waals surface area contributed by atoms with E-state index in [0.717, 1.165) is 0 Å². The molecule has 6 rings (SSSR count). The van der Waals surface area contributed by atoms with Gasteiger partial charge in [0, 0.05) is 12.1 Å². The second kappa shape index (κ2) is 11.8. The van der Waals surface area contributed by atoms with Gasteiger partial charge in [0.25, 0.3) is 0 Å². The van der Waals surface area contributed by atoms with Crippen LogP contribution in [0.5, 0.6) is 11.5 Å². The highest BCUT2D eigenvalue weighted by Gasteiger charge is 2.54. The third-order valence-corrected chi connectivity index (χ3v) is 7.01. The normalized spacial score (nSPS) is 22.7. The summed E-state index contributed by atoms with van der Waals surface area (Å²) in [5.74, 6) is -0.891. The molecule has 43 heavy (non-hydrogen) atoms. The zero-order valence-corrected chi connectivity index (χ0v) is 23.0. The number of carbonyl (C=O) groups excluding carboxylic acids is 1. The Bertz CT molecular complexity index is 1650. The number of anilines is 1. The van der Waals surface area contributed by atoms with E-state index in [9.17, 15) is 19.1 Å². The molecule has 15 heteroatoms. The molecule has 3 N–H and O–H groups in total. The Balaban J connectivity index is 1.30. The number of halogens is 1. The maximum absolute atomic E-state index is 13.6. The van der Waals surface area contributed by atoms with Gasteiger partial charge >= 0.3 is 12.0 Å². The van der Waals surface area contributed by atoms with E-state index in [1.165, 1.54) is 44.0 Å². The van der Waals surface area contributed by atoms with Crippen LogP contribution in [-0.2, 0) is 14.2 Å². The summed E-state index contributed by atoms with van der Waals surface area (Å²) in [6, 6.07) is 9.77. The average molecular weight is 595 g/mol. The zero-order valence-electron chi connectivity index (χ0n) is 23.0. The van der Waals surface area contributed by atoms with Gasteiger partial charge in [-0.15, -0.1) is 0 Å². The summed E-state index contributed by atoms with van der Waals surface area (Å²) < 4.78 is 45.2. The molecule has 0 spiro atoms. The number of nitrogens with one attached hydrogen (secondary N) is 2. The van der Waals surface area contributed by atoms with Gasteiger partial charge in [-0.3, -0.25) is 9.88 Å². The van der Waals surface area contributed by atoms with Crippen LogP contribution in [0.2, 0.25) is 0 Å².